The van der Waals surface area contributed by atoms with Gasteiger partial charge in [-0.05, 0) is 83.2 Å². The van der Waals surface area contributed by atoms with Crippen LogP contribution in [0.1, 0.15) is 0 Å². The minimum Gasteiger partial charge on any atom is -0.309 e. The van der Waals surface area contributed by atoms with Gasteiger partial charge in [0.2, 0.25) is 0 Å². The monoisotopic (exact) mass is 610 g/mol. The Balaban J connectivity index is 1.12. The molecule has 0 radical (unpaired) electrons. The van der Waals surface area contributed by atoms with Gasteiger partial charge in [-0.3, -0.25) is 9.55 Å². The molecule has 0 aliphatic heterocycles. The normalized spacial score (nSPS) is 12.2. The van der Waals surface area contributed by atoms with Gasteiger partial charge >= 0.3 is 0 Å². The average molecular weight is 611 g/mol. The van der Waals surface area contributed by atoms with Crippen LogP contribution in [0.5, 0.6) is 0 Å². The summed E-state index contributed by atoms with van der Waals surface area (Å²) in [7, 11) is 0. The first-order chi connectivity index (χ1) is 23.8. The number of hydrogen-bond acceptors (Lipinski definition) is 2. The van der Waals surface area contributed by atoms with Gasteiger partial charge in [-0.25, -0.2) is 4.98 Å². The fraction of sp³-hybridized carbons (Fsp3) is 0. The van der Waals surface area contributed by atoms with Crippen molar-refractivity contribution < 1.29 is 0 Å². The lowest BCUT2D eigenvalue weighted by Gasteiger charge is -2.11. The molecule has 4 aromatic heterocycles. The summed E-state index contributed by atoms with van der Waals surface area (Å²) in [6, 6.07) is 54.6. The Hall–Kier alpha value is -6.52. The molecule has 0 saturated heterocycles. The van der Waals surface area contributed by atoms with Gasteiger partial charge in [-0.2, -0.15) is 0 Å². The fourth-order valence-electron chi connectivity index (χ4n) is 8.02. The molecule has 4 heteroatoms. The van der Waals surface area contributed by atoms with Gasteiger partial charge in [0.05, 0.1) is 33.5 Å². The number of para-hydroxylation sites is 3. The maximum atomic E-state index is 5.35. The van der Waals surface area contributed by atoms with Crippen molar-refractivity contribution in [3.05, 3.63) is 158 Å². The molecule has 222 valence electrons. The number of pyridine rings is 2. The van der Waals surface area contributed by atoms with E-state index in [4.69, 9.17) is 9.97 Å². The predicted molar refractivity (Wildman–Crippen MR) is 198 cm³/mol. The maximum Gasteiger partial charge on any atom is 0.138 e. The van der Waals surface area contributed by atoms with Crippen LogP contribution in [0.25, 0.3) is 99.5 Å². The van der Waals surface area contributed by atoms with Crippen molar-refractivity contribution in [2.45, 2.75) is 0 Å². The minimum absolute atomic E-state index is 0.917. The maximum absolute atomic E-state index is 5.35. The molecule has 11 rings (SSSR count). The Kier molecular flexibility index (Phi) is 5.08. The molecule has 0 bridgehead atoms. The Morgan fingerprint density at radius 2 is 1.04 bits per heavy atom. The van der Waals surface area contributed by atoms with E-state index in [0.717, 1.165) is 39.4 Å². The van der Waals surface area contributed by atoms with Crippen molar-refractivity contribution in [2.75, 3.05) is 0 Å². The lowest BCUT2D eigenvalue weighted by atomic mass is 10.0. The van der Waals surface area contributed by atoms with Crippen LogP contribution in [0.3, 0.4) is 0 Å². The zero-order valence-electron chi connectivity index (χ0n) is 25.8. The fourth-order valence-corrected chi connectivity index (χ4v) is 8.02. The molecule has 4 nitrogen and oxygen atoms in total. The lowest BCUT2D eigenvalue weighted by molar-refractivity contribution is 1.09. The molecule has 1 aliphatic rings. The van der Waals surface area contributed by atoms with Gasteiger partial charge in [0, 0.05) is 49.9 Å². The van der Waals surface area contributed by atoms with Gasteiger partial charge in [-0.1, -0.05) is 84.9 Å². The van der Waals surface area contributed by atoms with E-state index in [1.807, 2.05) is 12.3 Å². The van der Waals surface area contributed by atoms with Crippen molar-refractivity contribution in [1.29, 1.82) is 0 Å². The summed E-state index contributed by atoms with van der Waals surface area (Å²) in [5.41, 5.74) is 12.5. The van der Waals surface area contributed by atoms with Crippen LogP contribution in [0.4, 0.5) is 0 Å². The van der Waals surface area contributed by atoms with E-state index in [-0.39, 0.29) is 0 Å². The van der Waals surface area contributed by atoms with E-state index >= 15 is 0 Å². The molecule has 0 fully saturated rings. The van der Waals surface area contributed by atoms with Crippen LogP contribution in [-0.4, -0.2) is 19.1 Å². The van der Waals surface area contributed by atoms with Crippen molar-refractivity contribution >= 4 is 54.4 Å². The number of nitrogens with zero attached hydrogens (tertiary/aromatic N) is 4. The van der Waals surface area contributed by atoms with Crippen LogP contribution < -0.4 is 0 Å². The molecule has 0 atom stereocenters. The summed E-state index contributed by atoms with van der Waals surface area (Å²) < 4.78 is 4.69. The largest absolute Gasteiger partial charge is 0.309 e. The van der Waals surface area contributed by atoms with Crippen LogP contribution in [0.15, 0.2) is 158 Å². The van der Waals surface area contributed by atoms with E-state index < -0.39 is 0 Å². The smallest absolute Gasteiger partial charge is 0.138 e. The van der Waals surface area contributed by atoms with Gasteiger partial charge in [-0.15, -0.1) is 0 Å². The first-order valence-electron chi connectivity index (χ1n) is 16.3. The molecule has 0 saturated carbocycles. The predicted octanol–water partition coefficient (Wildman–Crippen LogP) is 11.1. The first kappa shape index (κ1) is 25.6. The summed E-state index contributed by atoms with van der Waals surface area (Å²) in [6.45, 7) is 0. The highest BCUT2D eigenvalue weighted by molar-refractivity contribution is 6.15. The number of benzene rings is 6. The van der Waals surface area contributed by atoms with Crippen molar-refractivity contribution in [1.82, 2.24) is 19.1 Å². The van der Waals surface area contributed by atoms with Gasteiger partial charge in [0.1, 0.15) is 5.82 Å². The van der Waals surface area contributed by atoms with E-state index in [1.54, 1.807) is 0 Å². The second kappa shape index (κ2) is 9.50. The number of fused-ring (bicyclic) bond motifs is 9. The Morgan fingerprint density at radius 1 is 0.417 bits per heavy atom. The highest BCUT2D eigenvalue weighted by Gasteiger charge is 2.25. The first-order valence-corrected chi connectivity index (χ1v) is 16.3. The molecule has 0 N–H and O–H groups in total. The molecule has 0 unspecified atom stereocenters. The second-order valence-corrected chi connectivity index (χ2v) is 12.6. The van der Waals surface area contributed by atoms with E-state index in [0.29, 0.717) is 0 Å². The molecule has 0 spiro atoms. The van der Waals surface area contributed by atoms with Crippen LogP contribution in [-0.2, 0) is 0 Å². The Bertz CT molecular complexity index is 2950. The highest BCUT2D eigenvalue weighted by atomic mass is 15.1. The molecule has 1 aliphatic carbocycles. The zero-order chi connectivity index (χ0) is 31.3. The molecule has 6 aromatic carbocycles. The standard InChI is InChI=1S/C44H26N4/c1-2-11-30(12-3-1)47-37-17-6-4-13-31(37)35-24-27(19-21-39(35)47)28-20-22-40-36(25-28)32-14-5-7-18-38(32)48(40)41-26-29-10-8-15-33-42(29)44(46-41)34-16-9-23-45-43(33)34/h1-26H. The summed E-state index contributed by atoms with van der Waals surface area (Å²) in [6.07, 6.45) is 1.87. The van der Waals surface area contributed by atoms with Gasteiger partial charge < -0.3 is 4.57 Å². The molecular weight excluding hydrogens is 585 g/mol. The third kappa shape index (κ3) is 3.43. The average Bonchev–Trinajstić information content (AvgIpc) is 3.78. The lowest BCUT2D eigenvalue weighted by Crippen LogP contribution is -1.99. The molecule has 10 aromatic rings. The molecular formula is C44H26N4. The van der Waals surface area contributed by atoms with Crippen molar-refractivity contribution in [2.24, 2.45) is 0 Å². The molecule has 48 heavy (non-hydrogen) atoms. The topological polar surface area (TPSA) is 35.6 Å². The van der Waals surface area contributed by atoms with Crippen molar-refractivity contribution in [3.63, 3.8) is 0 Å². The Labute approximate surface area is 275 Å². The highest BCUT2D eigenvalue weighted by Crippen LogP contribution is 2.46. The second-order valence-electron chi connectivity index (χ2n) is 12.6. The third-order valence-electron chi connectivity index (χ3n) is 10.1. The summed E-state index contributed by atoms with van der Waals surface area (Å²) in [5.74, 6) is 0.917. The third-order valence-corrected chi connectivity index (χ3v) is 10.1. The van der Waals surface area contributed by atoms with Crippen LogP contribution >= 0.6 is 0 Å². The summed E-state index contributed by atoms with van der Waals surface area (Å²) in [4.78, 5) is 10.1. The van der Waals surface area contributed by atoms with E-state index in [9.17, 15) is 0 Å². The van der Waals surface area contributed by atoms with Crippen LogP contribution in [0.2, 0.25) is 0 Å². The molecule has 0 amide bonds. The number of aromatic nitrogens is 4. The molecule has 4 heterocycles. The van der Waals surface area contributed by atoms with Gasteiger partial charge in [0.15, 0.2) is 0 Å². The quantitative estimate of drug-likeness (QED) is 0.199. The Morgan fingerprint density at radius 3 is 1.79 bits per heavy atom. The number of hydrogen-bond donors (Lipinski definition) is 0. The zero-order valence-corrected chi connectivity index (χ0v) is 25.8. The van der Waals surface area contributed by atoms with E-state index in [1.165, 1.54) is 60.2 Å². The van der Waals surface area contributed by atoms with Crippen molar-refractivity contribution in [3.8, 4) is 45.1 Å². The van der Waals surface area contributed by atoms with E-state index in [2.05, 4.69) is 155 Å². The SMILES string of the molecule is c1ccc(-n2c3ccccc3c3cc(-c4ccc5c(c4)c4ccccc4n5-c4cc5cccc6c5c(n4)-c4cccnc4-6)ccc32)cc1. The van der Waals surface area contributed by atoms with Gasteiger partial charge in [0.25, 0.3) is 0 Å². The summed E-state index contributed by atoms with van der Waals surface area (Å²) >= 11 is 0. The minimum atomic E-state index is 0.917. The van der Waals surface area contributed by atoms with Crippen LogP contribution in [0, 0.1) is 0 Å². The summed E-state index contributed by atoms with van der Waals surface area (Å²) in [5, 5.41) is 7.29. The number of rotatable bonds is 3.